The largest absolute Gasteiger partial charge is 0.355 e. The number of carbonyl (C=O) groups excluding carboxylic acids is 1. The molecule has 1 aromatic heterocycles. The van der Waals surface area contributed by atoms with Gasteiger partial charge in [-0.15, -0.1) is 0 Å². The Morgan fingerprint density at radius 3 is 2.95 bits per heavy atom. The highest BCUT2D eigenvalue weighted by molar-refractivity contribution is 5.81. The van der Waals surface area contributed by atoms with Crippen LogP contribution in [-0.4, -0.2) is 28.5 Å². The van der Waals surface area contributed by atoms with Crippen LogP contribution in [0.15, 0.2) is 24.3 Å². The third kappa shape index (κ3) is 3.32. The Kier molecular flexibility index (Phi) is 4.52. The van der Waals surface area contributed by atoms with Gasteiger partial charge < -0.3 is 15.6 Å². The van der Waals surface area contributed by atoms with Gasteiger partial charge >= 0.3 is 0 Å². The molecule has 0 aliphatic heterocycles. The summed E-state index contributed by atoms with van der Waals surface area (Å²) in [5.74, 6) is 0.876. The number of rotatable bonds is 6. The van der Waals surface area contributed by atoms with Gasteiger partial charge in [-0.05, 0) is 38.4 Å². The van der Waals surface area contributed by atoms with Crippen molar-refractivity contribution in [1.82, 2.24) is 14.9 Å². The van der Waals surface area contributed by atoms with Crippen LogP contribution in [0, 0.1) is 6.92 Å². The second-order valence-corrected chi connectivity index (χ2v) is 4.58. The number of nitrogens with zero attached hydrogens (tertiary/aromatic N) is 2. The normalized spacial score (nSPS) is 10.8. The SMILES string of the molecule is Cc1nc2ccccc2n1CC(=O)NCCCCN. The average Bonchev–Trinajstić information content (AvgIpc) is 2.72. The Labute approximate surface area is 112 Å². The zero-order chi connectivity index (χ0) is 13.7. The number of aryl methyl sites for hydroxylation is 1. The Morgan fingerprint density at radius 1 is 1.37 bits per heavy atom. The summed E-state index contributed by atoms with van der Waals surface area (Å²) in [6.45, 7) is 3.58. The molecule has 0 aliphatic rings. The molecule has 1 heterocycles. The van der Waals surface area contributed by atoms with Gasteiger partial charge in [-0.2, -0.15) is 0 Å². The van der Waals surface area contributed by atoms with E-state index in [2.05, 4.69) is 10.3 Å². The zero-order valence-electron chi connectivity index (χ0n) is 11.2. The van der Waals surface area contributed by atoms with E-state index in [0.29, 0.717) is 19.6 Å². The average molecular weight is 260 g/mol. The summed E-state index contributed by atoms with van der Waals surface area (Å²) >= 11 is 0. The van der Waals surface area contributed by atoms with Crippen LogP contribution in [0.5, 0.6) is 0 Å². The maximum absolute atomic E-state index is 11.9. The number of para-hydroxylation sites is 2. The smallest absolute Gasteiger partial charge is 0.240 e. The molecule has 5 heteroatoms. The molecule has 0 unspecified atom stereocenters. The van der Waals surface area contributed by atoms with Gasteiger partial charge in [-0.1, -0.05) is 12.1 Å². The number of fused-ring (bicyclic) bond motifs is 1. The van der Waals surface area contributed by atoms with Crippen LogP contribution in [0.3, 0.4) is 0 Å². The topological polar surface area (TPSA) is 72.9 Å². The predicted molar refractivity (Wildman–Crippen MR) is 75.8 cm³/mol. The second kappa shape index (κ2) is 6.33. The second-order valence-electron chi connectivity index (χ2n) is 4.58. The van der Waals surface area contributed by atoms with Crippen molar-refractivity contribution in [1.29, 1.82) is 0 Å². The highest BCUT2D eigenvalue weighted by Crippen LogP contribution is 2.14. The zero-order valence-corrected chi connectivity index (χ0v) is 11.2. The number of imidazole rings is 1. The van der Waals surface area contributed by atoms with Crippen LogP contribution in [0.2, 0.25) is 0 Å². The van der Waals surface area contributed by atoms with E-state index >= 15 is 0 Å². The van der Waals surface area contributed by atoms with Crippen molar-refractivity contribution >= 4 is 16.9 Å². The van der Waals surface area contributed by atoms with Crippen LogP contribution in [-0.2, 0) is 11.3 Å². The predicted octanol–water partition coefficient (Wildman–Crippen LogP) is 1.20. The van der Waals surface area contributed by atoms with Crippen molar-refractivity contribution in [3.05, 3.63) is 30.1 Å². The molecule has 5 nitrogen and oxygen atoms in total. The van der Waals surface area contributed by atoms with Crippen LogP contribution in [0.25, 0.3) is 11.0 Å². The molecule has 19 heavy (non-hydrogen) atoms. The molecule has 2 rings (SSSR count). The Hall–Kier alpha value is -1.88. The lowest BCUT2D eigenvalue weighted by Crippen LogP contribution is -2.29. The maximum Gasteiger partial charge on any atom is 0.240 e. The van der Waals surface area contributed by atoms with E-state index in [-0.39, 0.29) is 5.91 Å². The number of unbranched alkanes of at least 4 members (excludes halogenated alkanes) is 1. The van der Waals surface area contributed by atoms with E-state index in [1.54, 1.807) is 0 Å². The Balaban J connectivity index is 2.00. The third-order valence-electron chi connectivity index (χ3n) is 3.10. The summed E-state index contributed by atoms with van der Waals surface area (Å²) < 4.78 is 1.94. The monoisotopic (exact) mass is 260 g/mol. The van der Waals surface area contributed by atoms with Crippen LogP contribution >= 0.6 is 0 Å². The van der Waals surface area contributed by atoms with Gasteiger partial charge in [0, 0.05) is 6.54 Å². The minimum absolute atomic E-state index is 0.0169. The van der Waals surface area contributed by atoms with Crippen LogP contribution in [0.1, 0.15) is 18.7 Å². The number of aromatic nitrogens is 2. The number of benzene rings is 1. The van der Waals surface area contributed by atoms with Gasteiger partial charge in [0.15, 0.2) is 0 Å². The summed E-state index contributed by atoms with van der Waals surface area (Å²) in [6, 6.07) is 7.85. The lowest BCUT2D eigenvalue weighted by molar-refractivity contribution is -0.121. The molecule has 1 aromatic carbocycles. The third-order valence-corrected chi connectivity index (χ3v) is 3.10. The highest BCUT2D eigenvalue weighted by atomic mass is 16.1. The molecule has 0 atom stereocenters. The molecular weight excluding hydrogens is 240 g/mol. The molecule has 1 amide bonds. The lowest BCUT2D eigenvalue weighted by Gasteiger charge is -2.08. The van der Waals surface area contributed by atoms with Gasteiger partial charge in [-0.3, -0.25) is 4.79 Å². The number of hydrogen-bond donors (Lipinski definition) is 2. The molecule has 0 bridgehead atoms. The summed E-state index contributed by atoms with van der Waals surface area (Å²) in [4.78, 5) is 16.3. The van der Waals surface area contributed by atoms with E-state index in [9.17, 15) is 4.79 Å². The molecule has 0 spiro atoms. The van der Waals surface area contributed by atoms with Crippen LogP contribution in [0.4, 0.5) is 0 Å². The fourth-order valence-electron chi connectivity index (χ4n) is 2.09. The first kappa shape index (κ1) is 13.5. The molecule has 0 saturated carbocycles. The van der Waals surface area contributed by atoms with E-state index in [0.717, 1.165) is 29.7 Å². The number of nitrogens with one attached hydrogen (secondary N) is 1. The quantitative estimate of drug-likeness (QED) is 0.766. The molecular formula is C14H20N4O. The molecule has 0 saturated heterocycles. The molecule has 2 aromatic rings. The fraction of sp³-hybridized carbons (Fsp3) is 0.429. The molecule has 0 radical (unpaired) electrons. The van der Waals surface area contributed by atoms with E-state index in [1.807, 2.05) is 35.8 Å². The van der Waals surface area contributed by atoms with Gasteiger partial charge in [0.1, 0.15) is 12.4 Å². The number of hydrogen-bond acceptors (Lipinski definition) is 3. The number of carbonyl (C=O) groups is 1. The molecule has 102 valence electrons. The van der Waals surface area contributed by atoms with E-state index in [4.69, 9.17) is 5.73 Å². The van der Waals surface area contributed by atoms with Gasteiger partial charge in [0.25, 0.3) is 0 Å². The van der Waals surface area contributed by atoms with Gasteiger partial charge in [-0.25, -0.2) is 4.98 Å². The van der Waals surface area contributed by atoms with Crippen molar-refractivity contribution in [2.75, 3.05) is 13.1 Å². The first-order valence-electron chi connectivity index (χ1n) is 6.61. The summed E-state index contributed by atoms with van der Waals surface area (Å²) in [6.07, 6.45) is 1.86. The van der Waals surface area contributed by atoms with Crippen molar-refractivity contribution in [2.24, 2.45) is 5.73 Å². The van der Waals surface area contributed by atoms with E-state index in [1.165, 1.54) is 0 Å². The van der Waals surface area contributed by atoms with E-state index < -0.39 is 0 Å². The van der Waals surface area contributed by atoms with Crippen molar-refractivity contribution in [2.45, 2.75) is 26.3 Å². The Morgan fingerprint density at radius 2 is 2.16 bits per heavy atom. The summed E-state index contributed by atoms with van der Waals surface area (Å²) in [5, 5.41) is 2.90. The first-order chi connectivity index (χ1) is 9.22. The summed E-state index contributed by atoms with van der Waals surface area (Å²) in [7, 11) is 0. The Bertz CT molecular complexity index is 562. The standard InChI is InChI=1S/C14H20N4O/c1-11-17-12-6-2-3-7-13(12)18(11)10-14(19)16-9-5-4-8-15/h2-3,6-7H,4-5,8-10,15H2,1H3,(H,16,19). The van der Waals surface area contributed by atoms with Crippen LogP contribution < -0.4 is 11.1 Å². The molecule has 0 fully saturated rings. The van der Waals surface area contributed by atoms with Crippen molar-refractivity contribution in [3.63, 3.8) is 0 Å². The molecule has 3 N–H and O–H groups in total. The number of amides is 1. The number of nitrogens with two attached hydrogens (primary N) is 1. The highest BCUT2D eigenvalue weighted by Gasteiger charge is 2.09. The minimum Gasteiger partial charge on any atom is -0.355 e. The fourth-order valence-corrected chi connectivity index (χ4v) is 2.09. The van der Waals surface area contributed by atoms with Crippen molar-refractivity contribution in [3.8, 4) is 0 Å². The van der Waals surface area contributed by atoms with Gasteiger partial charge in [0.05, 0.1) is 11.0 Å². The lowest BCUT2D eigenvalue weighted by atomic mass is 10.3. The summed E-state index contributed by atoms with van der Waals surface area (Å²) in [5.41, 5.74) is 7.34. The molecule has 0 aliphatic carbocycles. The minimum atomic E-state index is 0.0169. The first-order valence-corrected chi connectivity index (χ1v) is 6.61. The van der Waals surface area contributed by atoms with Crippen molar-refractivity contribution < 1.29 is 4.79 Å². The van der Waals surface area contributed by atoms with Gasteiger partial charge in [0.2, 0.25) is 5.91 Å². The maximum atomic E-state index is 11.9.